The molecule has 7 nitrogen and oxygen atoms in total. The monoisotopic (exact) mass is 353 g/mol. The summed E-state index contributed by atoms with van der Waals surface area (Å²) in [4.78, 5) is 21.9. The molecule has 2 aromatic rings. The number of hydrogen-bond acceptors (Lipinski definition) is 6. The summed E-state index contributed by atoms with van der Waals surface area (Å²) < 4.78 is 0. The molecule has 136 valence electrons. The number of amides is 1. The molecule has 0 aliphatic carbocycles. The largest absolute Gasteiger partial charge is 0.365 e. The highest BCUT2D eigenvalue weighted by Gasteiger charge is 2.22. The predicted octanol–water partition coefficient (Wildman–Crippen LogP) is 1.99. The number of carbonyl (C=O) groups excluding carboxylic acids is 1. The van der Waals surface area contributed by atoms with Crippen LogP contribution in [0.4, 0.5) is 5.82 Å². The van der Waals surface area contributed by atoms with Crippen LogP contribution in [0.3, 0.4) is 0 Å². The maximum atomic E-state index is 10.9. The minimum atomic E-state index is -0.603. The van der Waals surface area contributed by atoms with Crippen molar-refractivity contribution < 1.29 is 10.0 Å². The Bertz CT molecular complexity index is 776. The highest BCUT2D eigenvalue weighted by molar-refractivity contribution is 5.90. The van der Waals surface area contributed by atoms with Gasteiger partial charge in [0.15, 0.2) is 0 Å². The van der Waals surface area contributed by atoms with Gasteiger partial charge in [-0.3, -0.25) is 19.9 Å². The van der Waals surface area contributed by atoms with Crippen molar-refractivity contribution in [3.8, 4) is 0 Å². The highest BCUT2D eigenvalue weighted by Crippen LogP contribution is 2.17. The Kier molecular flexibility index (Phi) is 5.93. The number of aromatic nitrogens is 2. The average Bonchev–Trinajstić information content (AvgIpc) is 3.07. The molecule has 1 fully saturated rings. The Morgan fingerprint density at radius 2 is 2.27 bits per heavy atom. The average molecular weight is 353 g/mol. The van der Waals surface area contributed by atoms with Crippen LogP contribution in [0.2, 0.25) is 0 Å². The van der Waals surface area contributed by atoms with E-state index in [0.717, 1.165) is 31.9 Å². The minimum Gasteiger partial charge on any atom is -0.365 e. The number of rotatable bonds is 6. The van der Waals surface area contributed by atoms with E-state index in [1.165, 1.54) is 28.8 Å². The molecule has 0 bridgehead atoms. The first-order chi connectivity index (χ1) is 12.6. The molecule has 0 unspecified atom stereocenters. The maximum Gasteiger partial charge on any atom is 0.267 e. The van der Waals surface area contributed by atoms with Crippen LogP contribution in [-0.2, 0) is 11.3 Å². The van der Waals surface area contributed by atoms with Crippen LogP contribution in [0.5, 0.6) is 0 Å². The molecule has 3 rings (SSSR count). The van der Waals surface area contributed by atoms with Crippen LogP contribution in [0.25, 0.3) is 6.08 Å². The number of nitrogens with zero attached hydrogens (tertiary/aromatic N) is 3. The molecule has 1 aliphatic rings. The Balaban J connectivity index is 1.50. The lowest BCUT2D eigenvalue weighted by Gasteiger charge is -2.17. The van der Waals surface area contributed by atoms with E-state index in [-0.39, 0.29) is 0 Å². The summed E-state index contributed by atoms with van der Waals surface area (Å²) in [5.41, 5.74) is 4.71. The third-order valence-electron chi connectivity index (χ3n) is 4.30. The van der Waals surface area contributed by atoms with Crippen LogP contribution in [0.15, 0.2) is 42.7 Å². The van der Waals surface area contributed by atoms with Crippen LogP contribution < -0.4 is 10.8 Å². The summed E-state index contributed by atoms with van der Waals surface area (Å²) >= 11 is 0. The second kappa shape index (κ2) is 8.55. The first kappa shape index (κ1) is 18.0. The van der Waals surface area contributed by atoms with Gasteiger partial charge >= 0.3 is 0 Å². The molecule has 1 amide bonds. The van der Waals surface area contributed by atoms with Crippen molar-refractivity contribution in [3.05, 3.63) is 59.6 Å². The van der Waals surface area contributed by atoms with E-state index >= 15 is 0 Å². The van der Waals surface area contributed by atoms with E-state index in [2.05, 4.69) is 51.4 Å². The predicted molar refractivity (Wildman–Crippen MR) is 99.5 cm³/mol. The zero-order chi connectivity index (χ0) is 18.4. The van der Waals surface area contributed by atoms with Gasteiger partial charge in [-0.2, -0.15) is 0 Å². The third kappa shape index (κ3) is 5.11. The van der Waals surface area contributed by atoms with Crippen molar-refractivity contribution in [1.82, 2.24) is 20.3 Å². The van der Waals surface area contributed by atoms with Gasteiger partial charge in [0.05, 0.1) is 18.1 Å². The Morgan fingerprint density at radius 3 is 3.00 bits per heavy atom. The topological polar surface area (TPSA) is 90.4 Å². The van der Waals surface area contributed by atoms with Gasteiger partial charge < -0.3 is 5.32 Å². The van der Waals surface area contributed by atoms with E-state index in [1.807, 2.05) is 0 Å². The molecule has 2 heterocycles. The Labute approximate surface area is 152 Å². The lowest BCUT2D eigenvalue weighted by atomic mass is 10.1. The number of carbonyl (C=O) groups is 1. The summed E-state index contributed by atoms with van der Waals surface area (Å²) in [6.45, 7) is 5.10. The van der Waals surface area contributed by atoms with Crippen LogP contribution >= 0.6 is 0 Å². The zero-order valence-corrected chi connectivity index (χ0v) is 14.7. The lowest BCUT2D eigenvalue weighted by Crippen LogP contribution is -2.26. The summed E-state index contributed by atoms with van der Waals surface area (Å²) in [6, 6.07) is 8.96. The number of likely N-dealkylation sites (tertiary alicyclic amines) is 1. The molecule has 1 aliphatic heterocycles. The van der Waals surface area contributed by atoms with Gasteiger partial charge in [-0.05, 0) is 25.0 Å². The molecule has 7 heteroatoms. The molecule has 1 aromatic carbocycles. The van der Waals surface area contributed by atoms with Crippen molar-refractivity contribution in [2.24, 2.45) is 0 Å². The second-order valence-electron chi connectivity index (χ2n) is 6.49. The fourth-order valence-corrected chi connectivity index (χ4v) is 3.07. The van der Waals surface area contributed by atoms with E-state index in [4.69, 9.17) is 5.21 Å². The molecule has 1 atom stereocenters. The first-order valence-electron chi connectivity index (χ1n) is 8.61. The summed E-state index contributed by atoms with van der Waals surface area (Å²) in [6.07, 6.45) is 6.98. The fourth-order valence-electron chi connectivity index (χ4n) is 3.07. The van der Waals surface area contributed by atoms with Crippen LogP contribution in [0.1, 0.15) is 23.2 Å². The van der Waals surface area contributed by atoms with E-state index < -0.39 is 5.91 Å². The molecule has 1 aromatic heterocycles. The van der Waals surface area contributed by atoms with Crippen LogP contribution in [0, 0.1) is 6.92 Å². The molecule has 26 heavy (non-hydrogen) atoms. The van der Waals surface area contributed by atoms with E-state index in [9.17, 15) is 4.79 Å². The van der Waals surface area contributed by atoms with Gasteiger partial charge in [-0.1, -0.05) is 29.8 Å². The van der Waals surface area contributed by atoms with Crippen LogP contribution in [-0.4, -0.2) is 45.1 Å². The molecular formula is C19H23N5O2. The van der Waals surface area contributed by atoms with Crippen molar-refractivity contribution >= 4 is 17.8 Å². The molecule has 1 saturated heterocycles. The molecular weight excluding hydrogens is 330 g/mol. The number of nitrogens with one attached hydrogen (secondary N) is 2. The lowest BCUT2D eigenvalue weighted by molar-refractivity contribution is -0.124. The van der Waals surface area contributed by atoms with Crippen molar-refractivity contribution in [1.29, 1.82) is 0 Å². The van der Waals surface area contributed by atoms with Crippen molar-refractivity contribution in [2.75, 3.05) is 18.4 Å². The van der Waals surface area contributed by atoms with Gasteiger partial charge in [0.25, 0.3) is 5.91 Å². The molecule has 3 N–H and O–H groups in total. The summed E-state index contributed by atoms with van der Waals surface area (Å²) in [5, 5.41) is 11.9. The van der Waals surface area contributed by atoms with Crippen molar-refractivity contribution in [2.45, 2.75) is 25.9 Å². The quantitative estimate of drug-likeness (QED) is 0.418. The Hall–Kier alpha value is -2.77. The minimum absolute atomic E-state index is 0.343. The van der Waals surface area contributed by atoms with Gasteiger partial charge in [-0.15, -0.1) is 0 Å². The number of hydroxylamine groups is 1. The smallest absolute Gasteiger partial charge is 0.267 e. The maximum absolute atomic E-state index is 10.9. The van der Waals surface area contributed by atoms with Crippen molar-refractivity contribution in [3.63, 3.8) is 0 Å². The number of anilines is 1. The van der Waals surface area contributed by atoms with Gasteiger partial charge in [-0.25, -0.2) is 10.5 Å². The molecule has 0 spiro atoms. The van der Waals surface area contributed by atoms with E-state index in [1.54, 1.807) is 12.4 Å². The zero-order valence-electron chi connectivity index (χ0n) is 14.7. The second-order valence-corrected chi connectivity index (χ2v) is 6.49. The van der Waals surface area contributed by atoms with Gasteiger partial charge in [0.1, 0.15) is 5.82 Å². The standard InChI is InChI=1S/C19H23N5O2/c1-14-3-2-4-15(9-14)12-24-8-7-17(13-24)22-18-11-20-16(10-21-18)5-6-19(25)23-26/h2-6,9-11,17,26H,7-8,12-13H2,1H3,(H,21,22)(H,23,25)/b6-5+/t17-/m1/s1. The number of hydrogen-bond donors (Lipinski definition) is 3. The fraction of sp³-hybridized carbons (Fsp3) is 0.316. The normalized spacial score (nSPS) is 17.5. The summed E-state index contributed by atoms with van der Waals surface area (Å²) in [7, 11) is 0. The number of aryl methyl sites for hydroxylation is 1. The van der Waals surface area contributed by atoms with Gasteiger partial charge in [0, 0.05) is 31.8 Å². The SMILES string of the molecule is Cc1cccc(CN2CC[C@@H](Nc3cnc(/C=C/C(=O)NO)cn3)C2)c1. The van der Waals surface area contributed by atoms with E-state index in [0.29, 0.717) is 11.7 Å². The molecule has 0 saturated carbocycles. The summed E-state index contributed by atoms with van der Waals surface area (Å²) in [5.74, 6) is 0.116. The Morgan fingerprint density at radius 1 is 1.38 bits per heavy atom. The van der Waals surface area contributed by atoms with Gasteiger partial charge in [0.2, 0.25) is 0 Å². The molecule has 0 radical (unpaired) electrons. The number of benzene rings is 1. The highest BCUT2D eigenvalue weighted by atomic mass is 16.5. The first-order valence-corrected chi connectivity index (χ1v) is 8.61. The third-order valence-corrected chi connectivity index (χ3v) is 4.30.